The highest BCUT2D eigenvalue weighted by Gasteiger charge is 2.33. The number of rotatable bonds is 4. The zero-order chi connectivity index (χ0) is 21.5. The second-order valence-electron chi connectivity index (χ2n) is 7.81. The largest absolute Gasteiger partial charge is 0.573 e. The van der Waals surface area contributed by atoms with Crippen molar-refractivity contribution < 1.29 is 26.7 Å². The maximum absolute atomic E-state index is 15.3. The minimum absolute atomic E-state index is 0.161. The molecule has 1 unspecified atom stereocenters. The zero-order valence-corrected chi connectivity index (χ0v) is 16.5. The van der Waals surface area contributed by atoms with Crippen molar-refractivity contribution in [3.63, 3.8) is 0 Å². The Bertz CT molecular complexity index is 1090. The summed E-state index contributed by atoms with van der Waals surface area (Å²) in [6.45, 7) is 2.09. The van der Waals surface area contributed by atoms with Crippen LogP contribution in [0.3, 0.4) is 0 Å². The third-order valence-electron chi connectivity index (χ3n) is 5.74. The Morgan fingerprint density at radius 3 is 2.53 bits per heavy atom. The van der Waals surface area contributed by atoms with Gasteiger partial charge in [0.25, 0.3) is 0 Å². The van der Waals surface area contributed by atoms with Crippen LogP contribution in [0.15, 0.2) is 42.5 Å². The molecule has 0 amide bonds. The molecule has 4 rings (SSSR count). The lowest BCUT2D eigenvalue weighted by atomic mass is 9.79. The normalized spacial score (nSPS) is 16.5. The molecular weight excluding hydrogens is 399 g/mol. The molecule has 0 radical (unpaired) electrons. The molecule has 0 spiro atoms. The lowest BCUT2D eigenvalue weighted by molar-refractivity contribution is -0.275. The molecule has 0 saturated carbocycles. The van der Waals surface area contributed by atoms with Crippen LogP contribution in [0.2, 0.25) is 0 Å². The molecule has 3 aromatic rings. The third-order valence-corrected chi connectivity index (χ3v) is 5.74. The average molecular weight is 420 g/mol. The van der Waals surface area contributed by atoms with E-state index in [0.717, 1.165) is 35.9 Å². The van der Waals surface area contributed by atoms with Gasteiger partial charge in [0, 0.05) is 5.39 Å². The van der Waals surface area contributed by atoms with Gasteiger partial charge in [0.05, 0.1) is 0 Å². The lowest BCUT2D eigenvalue weighted by Gasteiger charge is -2.26. The SMILES string of the molecule is CCCc1ccc2c(F)c(C3CCc4cc(OC(F)(F)F)c(F)cc4C3)ccc2c1. The number of benzene rings is 3. The van der Waals surface area contributed by atoms with Crippen LogP contribution in [0.1, 0.15) is 47.9 Å². The summed E-state index contributed by atoms with van der Waals surface area (Å²) >= 11 is 0. The summed E-state index contributed by atoms with van der Waals surface area (Å²) in [6.07, 6.45) is -1.63. The number of fused-ring (bicyclic) bond motifs is 2. The van der Waals surface area contributed by atoms with Gasteiger partial charge in [0.1, 0.15) is 5.82 Å². The van der Waals surface area contributed by atoms with Gasteiger partial charge in [-0.1, -0.05) is 43.7 Å². The van der Waals surface area contributed by atoms with Crippen LogP contribution in [0, 0.1) is 11.6 Å². The maximum Gasteiger partial charge on any atom is 0.573 e. The molecule has 0 aromatic heterocycles. The van der Waals surface area contributed by atoms with Crippen LogP contribution in [0.5, 0.6) is 5.75 Å². The van der Waals surface area contributed by atoms with E-state index in [1.807, 2.05) is 18.2 Å². The van der Waals surface area contributed by atoms with E-state index < -0.39 is 17.9 Å². The molecule has 30 heavy (non-hydrogen) atoms. The first-order valence-electron chi connectivity index (χ1n) is 10.0. The smallest absolute Gasteiger partial charge is 0.403 e. The van der Waals surface area contributed by atoms with Crippen LogP contribution in [-0.4, -0.2) is 6.36 Å². The minimum Gasteiger partial charge on any atom is -0.403 e. The van der Waals surface area contributed by atoms with Gasteiger partial charge in [-0.3, -0.25) is 0 Å². The number of ether oxygens (including phenoxy) is 1. The van der Waals surface area contributed by atoms with Crippen molar-refractivity contribution in [2.75, 3.05) is 0 Å². The first-order chi connectivity index (χ1) is 14.2. The van der Waals surface area contributed by atoms with Crippen LogP contribution in [0.25, 0.3) is 10.8 Å². The van der Waals surface area contributed by atoms with E-state index >= 15 is 4.39 Å². The van der Waals surface area contributed by atoms with Gasteiger partial charge in [-0.05, 0) is 71.4 Å². The molecule has 6 heteroatoms. The van der Waals surface area contributed by atoms with E-state index in [0.29, 0.717) is 41.3 Å². The van der Waals surface area contributed by atoms with Crippen molar-refractivity contribution in [1.29, 1.82) is 0 Å². The minimum atomic E-state index is -4.95. The fourth-order valence-corrected chi connectivity index (χ4v) is 4.34. The summed E-state index contributed by atoms with van der Waals surface area (Å²) in [5, 5.41) is 1.40. The Balaban J connectivity index is 1.63. The fraction of sp³-hybridized carbons (Fsp3) is 0.333. The maximum atomic E-state index is 15.3. The molecular formula is C24H21F5O. The summed E-state index contributed by atoms with van der Waals surface area (Å²) < 4.78 is 70.5. The monoisotopic (exact) mass is 420 g/mol. The first-order valence-corrected chi connectivity index (χ1v) is 10.0. The van der Waals surface area contributed by atoms with Crippen LogP contribution in [-0.2, 0) is 19.3 Å². The molecule has 1 aliphatic rings. The Morgan fingerprint density at radius 2 is 1.80 bits per heavy atom. The van der Waals surface area contributed by atoms with Gasteiger partial charge < -0.3 is 4.74 Å². The fourth-order valence-electron chi connectivity index (χ4n) is 4.34. The molecule has 1 aliphatic carbocycles. The number of aryl methyl sites for hydroxylation is 2. The van der Waals surface area contributed by atoms with Crippen LogP contribution >= 0.6 is 0 Å². The van der Waals surface area contributed by atoms with E-state index in [1.54, 1.807) is 12.1 Å². The van der Waals surface area contributed by atoms with Gasteiger partial charge in [0.2, 0.25) is 0 Å². The Hall–Kier alpha value is -2.63. The topological polar surface area (TPSA) is 9.23 Å². The Kier molecular flexibility index (Phi) is 5.43. The predicted molar refractivity (Wildman–Crippen MR) is 106 cm³/mol. The molecule has 0 heterocycles. The number of hydrogen-bond donors (Lipinski definition) is 0. The van der Waals surface area contributed by atoms with Gasteiger partial charge >= 0.3 is 6.36 Å². The third kappa shape index (κ3) is 4.13. The highest BCUT2D eigenvalue weighted by molar-refractivity contribution is 5.84. The summed E-state index contributed by atoms with van der Waals surface area (Å²) in [4.78, 5) is 0. The van der Waals surface area contributed by atoms with Gasteiger partial charge in [-0.2, -0.15) is 0 Å². The quantitative estimate of drug-likeness (QED) is 0.404. The van der Waals surface area contributed by atoms with Crippen molar-refractivity contribution in [3.8, 4) is 5.75 Å². The average Bonchev–Trinajstić information content (AvgIpc) is 2.68. The molecule has 0 N–H and O–H groups in total. The van der Waals surface area contributed by atoms with E-state index in [1.165, 1.54) is 0 Å². The second-order valence-corrected chi connectivity index (χ2v) is 7.81. The highest BCUT2D eigenvalue weighted by atomic mass is 19.4. The zero-order valence-electron chi connectivity index (χ0n) is 16.5. The van der Waals surface area contributed by atoms with Crippen molar-refractivity contribution in [2.45, 2.75) is 51.3 Å². The van der Waals surface area contributed by atoms with E-state index in [9.17, 15) is 17.6 Å². The summed E-state index contributed by atoms with van der Waals surface area (Å²) in [5.41, 5.74) is 2.93. The van der Waals surface area contributed by atoms with E-state index in [2.05, 4.69) is 11.7 Å². The first kappa shape index (κ1) is 20.6. The highest BCUT2D eigenvalue weighted by Crippen LogP contribution is 2.38. The predicted octanol–water partition coefficient (Wildman–Crippen LogP) is 7.24. The standard InChI is InChI=1S/C24H21F5O/c1-2-3-14-4-8-19-16(10-14)7-9-20(23(19)26)17-6-5-15-13-22(30-24(27,28)29)21(25)12-18(15)11-17/h4,7-10,12-13,17H,2-3,5-6,11H2,1H3. The molecule has 0 aliphatic heterocycles. The van der Waals surface area contributed by atoms with E-state index in [-0.39, 0.29) is 11.7 Å². The van der Waals surface area contributed by atoms with Crippen LogP contribution < -0.4 is 4.74 Å². The Morgan fingerprint density at radius 1 is 1.00 bits per heavy atom. The summed E-state index contributed by atoms with van der Waals surface area (Å²) in [7, 11) is 0. The molecule has 1 nitrogen and oxygen atoms in total. The molecule has 0 bridgehead atoms. The summed E-state index contributed by atoms with van der Waals surface area (Å²) in [6, 6.07) is 11.6. The summed E-state index contributed by atoms with van der Waals surface area (Å²) in [5.74, 6) is -2.32. The molecule has 0 saturated heterocycles. The number of halogens is 5. The molecule has 1 atom stereocenters. The Labute approximate surface area is 171 Å². The van der Waals surface area contributed by atoms with Crippen molar-refractivity contribution in [3.05, 3.63) is 76.4 Å². The number of hydrogen-bond acceptors (Lipinski definition) is 1. The number of alkyl halides is 3. The molecule has 0 fully saturated rings. The van der Waals surface area contributed by atoms with E-state index in [4.69, 9.17) is 0 Å². The van der Waals surface area contributed by atoms with Crippen molar-refractivity contribution in [1.82, 2.24) is 0 Å². The lowest BCUT2D eigenvalue weighted by Crippen LogP contribution is -2.19. The second kappa shape index (κ2) is 7.89. The van der Waals surface area contributed by atoms with Gasteiger partial charge in [0.15, 0.2) is 11.6 Å². The van der Waals surface area contributed by atoms with Gasteiger partial charge in [-0.25, -0.2) is 8.78 Å². The van der Waals surface area contributed by atoms with Crippen molar-refractivity contribution >= 4 is 10.8 Å². The molecule has 3 aromatic carbocycles. The van der Waals surface area contributed by atoms with Crippen LogP contribution in [0.4, 0.5) is 22.0 Å². The molecule has 158 valence electrons. The van der Waals surface area contributed by atoms with Crippen molar-refractivity contribution in [2.24, 2.45) is 0 Å². The van der Waals surface area contributed by atoms with Gasteiger partial charge in [-0.15, -0.1) is 13.2 Å².